The topological polar surface area (TPSA) is 86.1 Å². The normalized spacial score (nSPS) is 10.9. The highest BCUT2D eigenvalue weighted by Gasteiger charge is 2.13. The molecule has 3 heterocycles. The van der Waals surface area contributed by atoms with Crippen LogP contribution >= 0.6 is 0 Å². The van der Waals surface area contributed by atoms with Gasteiger partial charge < -0.3 is 14.3 Å². The molecule has 0 fully saturated rings. The molecule has 1 amide bonds. The van der Waals surface area contributed by atoms with Gasteiger partial charge in [-0.2, -0.15) is 5.10 Å². The molecule has 0 aliphatic heterocycles. The van der Waals surface area contributed by atoms with Crippen molar-refractivity contribution < 1.29 is 13.7 Å². The molecule has 0 spiro atoms. The van der Waals surface area contributed by atoms with Crippen molar-refractivity contribution in [3.05, 3.63) is 53.1 Å². The lowest BCUT2D eigenvalue weighted by Gasteiger charge is -2.01. The van der Waals surface area contributed by atoms with Crippen molar-refractivity contribution in [3.8, 4) is 0 Å². The largest absolute Gasteiger partial charge is 0.456 e. The smallest absolute Gasteiger partial charge is 0.291 e. The Kier molecular flexibility index (Phi) is 3.54. The lowest BCUT2D eigenvalue weighted by Crippen LogP contribution is -2.10. The summed E-state index contributed by atoms with van der Waals surface area (Å²) in [7, 11) is 0. The maximum Gasteiger partial charge on any atom is 0.291 e. The molecule has 0 bridgehead atoms. The summed E-state index contributed by atoms with van der Waals surface area (Å²) >= 11 is 0. The van der Waals surface area contributed by atoms with Crippen LogP contribution in [0.3, 0.4) is 0 Å². The minimum Gasteiger partial charge on any atom is -0.456 e. The minimum absolute atomic E-state index is 0.274. The molecule has 3 aromatic rings. The van der Waals surface area contributed by atoms with E-state index in [-0.39, 0.29) is 11.7 Å². The van der Waals surface area contributed by atoms with Crippen molar-refractivity contribution in [2.75, 3.05) is 5.32 Å². The third-order valence-electron chi connectivity index (χ3n) is 3.36. The summed E-state index contributed by atoms with van der Waals surface area (Å²) in [6.45, 7) is 6.08. The Morgan fingerprint density at radius 1 is 1.32 bits per heavy atom. The predicted molar refractivity (Wildman–Crippen MR) is 78.7 cm³/mol. The number of carbonyl (C=O) groups is 1. The van der Waals surface area contributed by atoms with Gasteiger partial charge in [-0.15, -0.1) is 0 Å². The van der Waals surface area contributed by atoms with Crippen LogP contribution in [-0.2, 0) is 6.54 Å². The third kappa shape index (κ3) is 2.78. The average molecular weight is 300 g/mol. The van der Waals surface area contributed by atoms with Gasteiger partial charge in [0, 0.05) is 11.8 Å². The summed E-state index contributed by atoms with van der Waals surface area (Å²) in [5.74, 6) is 1.44. The number of hydrogen-bond donors (Lipinski definition) is 1. The summed E-state index contributed by atoms with van der Waals surface area (Å²) in [5.41, 5.74) is 2.43. The Hall–Kier alpha value is -2.83. The van der Waals surface area contributed by atoms with Crippen molar-refractivity contribution in [1.82, 2.24) is 14.9 Å². The molecule has 0 saturated heterocycles. The van der Waals surface area contributed by atoms with Crippen LogP contribution in [-0.4, -0.2) is 20.8 Å². The molecule has 3 rings (SSSR count). The van der Waals surface area contributed by atoms with Crippen LogP contribution in [0.15, 0.2) is 33.5 Å². The molecule has 114 valence electrons. The maximum atomic E-state index is 12.0. The molecular weight excluding hydrogens is 284 g/mol. The molecule has 3 aromatic heterocycles. The van der Waals surface area contributed by atoms with E-state index in [1.165, 1.54) is 0 Å². The Bertz CT molecular complexity index is 793. The van der Waals surface area contributed by atoms with Gasteiger partial charge in [0.15, 0.2) is 5.76 Å². The van der Waals surface area contributed by atoms with E-state index in [2.05, 4.69) is 15.6 Å². The quantitative estimate of drug-likeness (QED) is 0.800. The molecule has 0 saturated carbocycles. The molecule has 0 aromatic carbocycles. The molecule has 0 atom stereocenters. The summed E-state index contributed by atoms with van der Waals surface area (Å²) in [4.78, 5) is 12.0. The van der Waals surface area contributed by atoms with Gasteiger partial charge in [-0.25, -0.2) is 0 Å². The van der Waals surface area contributed by atoms with Gasteiger partial charge in [0.25, 0.3) is 5.91 Å². The lowest BCUT2D eigenvalue weighted by atomic mass is 10.2. The fraction of sp³-hybridized carbons (Fsp3) is 0.267. The predicted octanol–water partition coefficient (Wildman–Crippen LogP) is 2.69. The highest BCUT2D eigenvalue weighted by atomic mass is 16.5. The second-order valence-corrected chi connectivity index (χ2v) is 5.09. The van der Waals surface area contributed by atoms with E-state index < -0.39 is 0 Å². The Labute approximate surface area is 126 Å². The van der Waals surface area contributed by atoms with E-state index in [0.29, 0.717) is 18.0 Å². The first-order valence-corrected chi connectivity index (χ1v) is 6.85. The molecule has 0 aliphatic carbocycles. The Morgan fingerprint density at radius 3 is 2.77 bits per heavy atom. The van der Waals surface area contributed by atoms with Gasteiger partial charge in [-0.05, 0) is 32.9 Å². The van der Waals surface area contributed by atoms with Crippen molar-refractivity contribution in [1.29, 1.82) is 0 Å². The summed E-state index contributed by atoms with van der Waals surface area (Å²) in [6, 6.07) is 3.38. The van der Waals surface area contributed by atoms with E-state index >= 15 is 0 Å². The van der Waals surface area contributed by atoms with Crippen molar-refractivity contribution in [2.24, 2.45) is 0 Å². The summed E-state index contributed by atoms with van der Waals surface area (Å²) < 4.78 is 12.1. The average Bonchev–Trinajstić information content (AvgIpc) is 3.17. The third-order valence-corrected chi connectivity index (χ3v) is 3.36. The van der Waals surface area contributed by atoms with Crippen LogP contribution in [0.1, 0.15) is 33.3 Å². The number of aromatic nitrogens is 3. The standard InChI is InChI=1S/C15H16N4O3/c1-9-4-5-14(21-9)15(20)17-12-6-16-19(7-12)8-13-10(2)18-22-11(13)3/h4-7H,8H2,1-3H3,(H,17,20). The van der Waals surface area contributed by atoms with Crippen molar-refractivity contribution >= 4 is 11.6 Å². The molecular formula is C15H16N4O3. The van der Waals surface area contributed by atoms with E-state index in [1.54, 1.807) is 36.1 Å². The molecule has 22 heavy (non-hydrogen) atoms. The van der Waals surface area contributed by atoms with Crippen LogP contribution < -0.4 is 5.32 Å². The number of amides is 1. The number of hydrogen-bond acceptors (Lipinski definition) is 5. The van der Waals surface area contributed by atoms with Crippen LogP contribution in [0.4, 0.5) is 5.69 Å². The van der Waals surface area contributed by atoms with Crippen LogP contribution in [0.5, 0.6) is 0 Å². The minimum atomic E-state index is -0.301. The number of furan rings is 1. The molecule has 0 radical (unpaired) electrons. The summed E-state index contributed by atoms with van der Waals surface area (Å²) in [5, 5.41) is 10.9. The summed E-state index contributed by atoms with van der Waals surface area (Å²) in [6.07, 6.45) is 3.34. The van der Waals surface area contributed by atoms with Crippen LogP contribution in [0.2, 0.25) is 0 Å². The Balaban J connectivity index is 1.70. The lowest BCUT2D eigenvalue weighted by molar-refractivity contribution is 0.0995. The zero-order valence-electron chi connectivity index (χ0n) is 12.6. The number of anilines is 1. The number of rotatable bonds is 4. The van der Waals surface area contributed by atoms with Gasteiger partial charge in [-0.3, -0.25) is 9.48 Å². The van der Waals surface area contributed by atoms with Gasteiger partial charge >= 0.3 is 0 Å². The highest BCUT2D eigenvalue weighted by molar-refractivity contribution is 6.02. The zero-order chi connectivity index (χ0) is 15.7. The SMILES string of the molecule is Cc1ccc(C(=O)Nc2cnn(Cc3c(C)noc3C)c2)o1. The van der Waals surface area contributed by atoms with E-state index in [1.807, 2.05) is 13.8 Å². The number of nitrogens with zero attached hydrogens (tertiary/aromatic N) is 3. The second-order valence-electron chi connectivity index (χ2n) is 5.09. The van der Waals surface area contributed by atoms with Crippen molar-refractivity contribution in [2.45, 2.75) is 27.3 Å². The van der Waals surface area contributed by atoms with Gasteiger partial charge in [-0.1, -0.05) is 5.16 Å². The number of carbonyl (C=O) groups excluding carboxylic acids is 1. The van der Waals surface area contributed by atoms with Crippen molar-refractivity contribution in [3.63, 3.8) is 0 Å². The first kappa shape index (κ1) is 14.1. The van der Waals surface area contributed by atoms with E-state index in [4.69, 9.17) is 8.94 Å². The fourth-order valence-electron chi connectivity index (χ4n) is 2.15. The zero-order valence-corrected chi connectivity index (χ0v) is 12.6. The molecule has 7 nitrogen and oxygen atoms in total. The number of aryl methyl sites for hydroxylation is 3. The first-order valence-electron chi connectivity index (χ1n) is 6.85. The monoisotopic (exact) mass is 300 g/mol. The van der Waals surface area contributed by atoms with Crippen LogP contribution in [0, 0.1) is 20.8 Å². The molecule has 0 aliphatic rings. The van der Waals surface area contributed by atoms with Gasteiger partial charge in [0.1, 0.15) is 11.5 Å². The highest BCUT2D eigenvalue weighted by Crippen LogP contribution is 2.16. The first-order chi connectivity index (χ1) is 10.5. The van der Waals surface area contributed by atoms with Gasteiger partial charge in [0.2, 0.25) is 0 Å². The molecule has 0 unspecified atom stereocenters. The van der Waals surface area contributed by atoms with E-state index in [0.717, 1.165) is 17.0 Å². The maximum absolute atomic E-state index is 12.0. The molecule has 1 N–H and O–H groups in total. The molecule has 7 heteroatoms. The van der Waals surface area contributed by atoms with Crippen LogP contribution in [0.25, 0.3) is 0 Å². The van der Waals surface area contributed by atoms with Gasteiger partial charge in [0.05, 0.1) is 24.1 Å². The second kappa shape index (κ2) is 5.51. The number of nitrogens with one attached hydrogen (secondary N) is 1. The Morgan fingerprint density at radius 2 is 2.14 bits per heavy atom. The fourth-order valence-corrected chi connectivity index (χ4v) is 2.15. The van der Waals surface area contributed by atoms with E-state index in [9.17, 15) is 4.79 Å².